The SMILES string of the molecule is CC(Cc1ccccc1)CN1CCCN(C(N)=O)CC1. The van der Waals surface area contributed by atoms with Crippen molar-refractivity contribution in [2.45, 2.75) is 19.8 Å². The largest absolute Gasteiger partial charge is 0.351 e. The Balaban J connectivity index is 1.79. The van der Waals surface area contributed by atoms with Gasteiger partial charge in [-0.15, -0.1) is 0 Å². The summed E-state index contributed by atoms with van der Waals surface area (Å²) in [6.45, 7) is 6.92. The van der Waals surface area contributed by atoms with Gasteiger partial charge in [-0.25, -0.2) is 4.79 Å². The molecule has 1 saturated heterocycles. The molecule has 0 radical (unpaired) electrons. The Morgan fingerprint density at radius 2 is 1.95 bits per heavy atom. The highest BCUT2D eigenvalue weighted by Gasteiger charge is 2.18. The lowest BCUT2D eigenvalue weighted by Crippen LogP contribution is -2.39. The first-order chi connectivity index (χ1) is 9.65. The zero-order chi connectivity index (χ0) is 14.4. The lowest BCUT2D eigenvalue weighted by molar-refractivity contribution is 0.205. The van der Waals surface area contributed by atoms with Crippen molar-refractivity contribution in [3.63, 3.8) is 0 Å². The first-order valence-electron chi connectivity index (χ1n) is 7.46. The van der Waals surface area contributed by atoms with E-state index in [0.717, 1.165) is 45.6 Å². The van der Waals surface area contributed by atoms with E-state index in [1.165, 1.54) is 5.56 Å². The molecule has 4 nitrogen and oxygen atoms in total. The predicted molar refractivity (Wildman–Crippen MR) is 81.5 cm³/mol. The normalized spacial score (nSPS) is 18.6. The van der Waals surface area contributed by atoms with E-state index in [1.54, 1.807) is 4.90 Å². The molecule has 0 spiro atoms. The van der Waals surface area contributed by atoms with Crippen LogP contribution >= 0.6 is 0 Å². The summed E-state index contributed by atoms with van der Waals surface area (Å²) in [7, 11) is 0. The molecule has 0 aromatic heterocycles. The van der Waals surface area contributed by atoms with E-state index in [9.17, 15) is 4.79 Å². The average molecular weight is 275 g/mol. The van der Waals surface area contributed by atoms with Crippen LogP contribution in [0.4, 0.5) is 4.79 Å². The van der Waals surface area contributed by atoms with Crippen LogP contribution in [0.25, 0.3) is 0 Å². The van der Waals surface area contributed by atoms with Crippen molar-refractivity contribution < 1.29 is 4.79 Å². The van der Waals surface area contributed by atoms with Gasteiger partial charge in [0.15, 0.2) is 0 Å². The molecule has 2 rings (SSSR count). The highest BCUT2D eigenvalue weighted by molar-refractivity contribution is 5.71. The van der Waals surface area contributed by atoms with Gasteiger partial charge in [0.05, 0.1) is 0 Å². The minimum atomic E-state index is -0.288. The van der Waals surface area contributed by atoms with Gasteiger partial charge in [-0.3, -0.25) is 0 Å². The number of rotatable bonds is 4. The minimum Gasteiger partial charge on any atom is -0.351 e. The molecule has 1 aromatic rings. The molecule has 0 saturated carbocycles. The fourth-order valence-electron chi connectivity index (χ4n) is 2.90. The summed E-state index contributed by atoms with van der Waals surface area (Å²) < 4.78 is 0. The first kappa shape index (κ1) is 14.9. The number of hydrogen-bond donors (Lipinski definition) is 1. The van der Waals surface area contributed by atoms with Crippen molar-refractivity contribution in [1.29, 1.82) is 0 Å². The molecule has 1 aliphatic heterocycles. The maximum Gasteiger partial charge on any atom is 0.314 e. The molecule has 2 N–H and O–H groups in total. The summed E-state index contributed by atoms with van der Waals surface area (Å²) >= 11 is 0. The van der Waals surface area contributed by atoms with E-state index in [-0.39, 0.29) is 6.03 Å². The van der Waals surface area contributed by atoms with Crippen molar-refractivity contribution in [1.82, 2.24) is 9.80 Å². The summed E-state index contributed by atoms with van der Waals surface area (Å²) in [5.74, 6) is 0.623. The minimum absolute atomic E-state index is 0.288. The highest BCUT2D eigenvalue weighted by atomic mass is 16.2. The third-order valence-electron chi connectivity index (χ3n) is 3.90. The number of carbonyl (C=O) groups is 1. The molecule has 2 amide bonds. The summed E-state index contributed by atoms with van der Waals surface area (Å²) in [6.07, 6.45) is 2.12. The molecule has 0 aliphatic carbocycles. The van der Waals surface area contributed by atoms with Crippen LogP contribution in [0.3, 0.4) is 0 Å². The van der Waals surface area contributed by atoms with E-state index >= 15 is 0 Å². The Bertz CT molecular complexity index is 421. The molecule has 110 valence electrons. The van der Waals surface area contributed by atoms with Gasteiger partial charge in [0.1, 0.15) is 0 Å². The van der Waals surface area contributed by atoms with Crippen LogP contribution < -0.4 is 5.73 Å². The third-order valence-corrected chi connectivity index (χ3v) is 3.90. The number of benzene rings is 1. The molecule has 4 heteroatoms. The molecule has 1 unspecified atom stereocenters. The van der Waals surface area contributed by atoms with Crippen molar-refractivity contribution in [2.75, 3.05) is 32.7 Å². The second-order valence-corrected chi connectivity index (χ2v) is 5.77. The van der Waals surface area contributed by atoms with E-state index in [0.29, 0.717) is 5.92 Å². The molecule has 0 bridgehead atoms. The summed E-state index contributed by atoms with van der Waals surface area (Å²) in [6, 6.07) is 10.3. The monoisotopic (exact) mass is 275 g/mol. The Hall–Kier alpha value is -1.55. The Labute approximate surface area is 121 Å². The van der Waals surface area contributed by atoms with Gasteiger partial charge in [0.2, 0.25) is 0 Å². The van der Waals surface area contributed by atoms with Gasteiger partial charge in [0.25, 0.3) is 0 Å². The lowest BCUT2D eigenvalue weighted by Gasteiger charge is -2.24. The third kappa shape index (κ3) is 4.53. The maximum atomic E-state index is 11.2. The van der Waals surface area contributed by atoms with E-state index < -0.39 is 0 Å². The number of primary amides is 1. The van der Waals surface area contributed by atoms with Crippen LogP contribution in [0.1, 0.15) is 18.9 Å². The van der Waals surface area contributed by atoms with Crippen LogP contribution in [0.2, 0.25) is 0 Å². The summed E-state index contributed by atoms with van der Waals surface area (Å²) in [5.41, 5.74) is 6.75. The standard InChI is InChI=1S/C16H25N3O/c1-14(12-15-6-3-2-4-7-15)13-18-8-5-9-19(11-10-18)16(17)20/h2-4,6-7,14H,5,8-13H2,1H3,(H2,17,20). The molecule has 1 heterocycles. The first-order valence-corrected chi connectivity index (χ1v) is 7.46. The lowest BCUT2D eigenvalue weighted by atomic mass is 10.0. The van der Waals surface area contributed by atoms with Crippen molar-refractivity contribution in [2.24, 2.45) is 11.7 Å². The molecule has 1 aromatic carbocycles. The van der Waals surface area contributed by atoms with Crippen LogP contribution in [-0.4, -0.2) is 48.6 Å². The van der Waals surface area contributed by atoms with Crippen molar-refractivity contribution >= 4 is 6.03 Å². The molecule has 1 fully saturated rings. The molecule has 1 atom stereocenters. The Morgan fingerprint density at radius 3 is 2.65 bits per heavy atom. The van der Waals surface area contributed by atoms with Gasteiger partial charge in [-0.1, -0.05) is 37.3 Å². The number of nitrogens with zero attached hydrogens (tertiary/aromatic N) is 2. The topological polar surface area (TPSA) is 49.6 Å². The number of nitrogens with two attached hydrogens (primary N) is 1. The number of amides is 2. The van der Waals surface area contributed by atoms with Crippen LogP contribution in [0, 0.1) is 5.92 Å². The van der Waals surface area contributed by atoms with E-state index in [1.807, 2.05) is 0 Å². The fourth-order valence-corrected chi connectivity index (χ4v) is 2.90. The summed E-state index contributed by atoms with van der Waals surface area (Å²) in [5, 5.41) is 0. The maximum absolute atomic E-state index is 11.2. The zero-order valence-corrected chi connectivity index (χ0v) is 12.3. The number of urea groups is 1. The number of carbonyl (C=O) groups excluding carboxylic acids is 1. The van der Waals surface area contributed by atoms with Gasteiger partial charge in [-0.05, 0) is 30.9 Å². The fraction of sp³-hybridized carbons (Fsp3) is 0.562. The van der Waals surface area contributed by atoms with E-state index in [2.05, 4.69) is 42.2 Å². The average Bonchev–Trinajstić information content (AvgIpc) is 2.65. The van der Waals surface area contributed by atoms with Crippen molar-refractivity contribution in [3.05, 3.63) is 35.9 Å². The quantitative estimate of drug-likeness (QED) is 0.913. The van der Waals surface area contributed by atoms with Gasteiger partial charge < -0.3 is 15.5 Å². The summed E-state index contributed by atoms with van der Waals surface area (Å²) in [4.78, 5) is 15.4. The smallest absolute Gasteiger partial charge is 0.314 e. The second kappa shape index (κ2) is 7.29. The van der Waals surface area contributed by atoms with Gasteiger partial charge in [0, 0.05) is 26.2 Å². The van der Waals surface area contributed by atoms with Gasteiger partial charge >= 0.3 is 6.03 Å². The zero-order valence-electron chi connectivity index (χ0n) is 12.3. The van der Waals surface area contributed by atoms with Crippen LogP contribution in [-0.2, 0) is 6.42 Å². The molecule has 1 aliphatic rings. The second-order valence-electron chi connectivity index (χ2n) is 5.77. The Kier molecular flexibility index (Phi) is 5.41. The van der Waals surface area contributed by atoms with Crippen LogP contribution in [0.5, 0.6) is 0 Å². The van der Waals surface area contributed by atoms with Crippen molar-refractivity contribution in [3.8, 4) is 0 Å². The molecule has 20 heavy (non-hydrogen) atoms. The van der Waals surface area contributed by atoms with Gasteiger partial charge in [-0.2, -0.15) is 0 Å². The van der Waals surface area contributed by atoms with E-state index in [4.69, 9.17) is 5.73 Å². The molecular weight excluding hydrogens is 250 g/mol. The Morgan fingerprint density at radius 1 is 1.20 bits per heavy atom. The highest BCUT2D eigenvalue weighted by Crippen LogP contribution is 2.11. The number of hydrogen-bond acceptors (Lipinski definition) is 2. The van der Waals surface area contributed by atoms with Crippen LogP contribution in [0.15, 0.2) is 30.3 Å². The predicted octanol–water partition coefficient (Wildman–Crippen LogP) is 1.95. The molecular formula is C16H25N3O.